The largest absolute Gasteiger partial charge is 0.508 e. The number of phenols is 1. The molecule has 0 amide bonds. The number of benzene rings is 1. The van der Waals surface area contributed by atoms with Crippen molar-refractivity contribution in [3.8, 4) is 5.75 Å². The van der Waals surface area contributed by atoms with Crippen LogP contribution in [0.5, 0.6) is 5.75 Å². The minimum absolute atomic E-state index is 0.00238. The SMILES string of the molecule is C=C(NC1CCOCC1)c1cnc(Nc2cccc(O)c2)nc1C(F)(F)F. The van der Waals surface area contributed by atoms with Crippen molar-refractivity contribution in [2.75, 3.05) is 18.5 Å². The van der Waals surface area contributed by atoms with Crippen molar-refractivity contribution in [3.63, 3.8) is 0 Å². The first-order valence-electron chi connectivity index (χ1n) is 8.37. The monoisotopic (exact) mass is 380 g/mol. The van der Waals surface area contributed by atoms with Gasteiger partial charge in [0.2, 0.25) is 5.95 Å². The van der Waals surface area contributed by atoms with Crippen molar-refractivity contribution in [2.24, 2.45) is 0 Å². The first kappa shape index (κ1) is 19.0. The van der Waals surface area contributed by atoms with Gasteiger partial charge in [0.05, 0.1) is 0 Å². The average molecular weight is 380 g/mol. The van der Waals surface area contributed by atoms with Crippen LogP contribution >= 0.6 is 0 Å². The first-order chi connectivity index (χ1) is 12.8. The van der Waals surface area contributed by atoms with Gasteiger partial charge in [-0.2, -0.15) is 13.2 Å². The number of nitrogens with zero attached hydrogens (tertiary/aromatic N) is 2. The summed E-state index contributed by atoms with van der Waals surface area (Å²) in [4.78, 5) is 7.59. The molecule has 3 rings (SSSR count). The molecule has 27 heavy (non-hydrogen) atoms. The number of nitrogens with one attached hydrogen (secondary N) is 2. The summed E-state index contributed by atoms with van der Waals surface area (Å²) in [7, 11) is 0. The Hall–Kier alpha value is -2.81. The third-order valence-electron chi connectivity index (χ3n) is 4.08. The zero-order valence-electron chi connectivity index (χ0n) is 14.4. The number of phenolic OH excluding ortho intramolecular Hbond substituents is 1. The van der Waals surface area contributed by atoms with Crippen LogP contribution in [0.3, 0.4) is 0 Å². The Bertz CT molecular complexity index is 820. The van der Waals surface area contributed by atoms with E-state index in [0.29, 0.717) is 31.7 Å². The van der Waals surface area contributed by atoms with E-state index in [2.05, 4.69) is 27.2 Å². The highest BCUT2D eigenvalue weighted by atomic mass is 19.4. The summed E-state index contributed by atoms with van der Waals surface area (Å²) in [6, 6.07) is 5.93. The standard InChI is InChI=1S/C18H19F3N4O2/c1-11(23-12-5-7-27-8-6-12)15-10-22-17(25-16(15)18(19,20)21)24-13-3-2-4-14(26)9-13/h2-4,9-10,12,23,26H,1,5-8H2,(H,22,24,25). The second kappa shape index (κ2) is 7.83. The van der Waals surface area contributed by atoms with Gasteiger partial charge in [-0.05, 0) is 25.0 Å². The zero-order valence-corrected chi connectivity index (χ0v) is 14.4. The zero-order chi connectivity index (χ0) is 19.4. The molecule has 2 heterocycles. The van der Waals surface area contributed by atoms with Gasteiger partial charge in [-0.15, -0.1) is 0 Å². The lowest BCUT2D eigenvalue weighted by atomic mass is 10.1. The van der Waals surface area contributed by atoms with Crippen molar-refractivity contribution >= 4 is 17.3 Å². The van der Waals surface area contributed by atoms with Crippen LogP contribution in [-0.2, 0) is 10.9 Å². The molecule has 0 radical (unpaired) electrons. The van der Waals surface area contributed by atoms with E-state index in [0.717, 1.165) is 6.20 Å². The maximum Gasteiger partial charge on any atom is 0.434 e. The number of hydrogen-bond donors (Lipinski definition) is 3. The van der Waals surface area contributed by atoms with Crippen LogP contribution in [0.25, 0.3) is 5.70 Å². The number of aromatic hydroxyl groups is 1. The van der Waals surface area contributed by atoms with E-state index < -0.39 is 11.9 Å². The predicted octanol–water partition coefficient (Wildman–Crippen LogP) is 3.68. The molecule has 0 unspecified atom stereocenters. The third-order valence-corrected chi connectivity index (χ3v) is 4.08. The first-order valence-corrected chi connectivity index (χ1v) is 8.37. The maximum absolute atomic E-state index is 13.5. The Labute approximate surface area is 154 Å². The second-order valence-corrected chi connectivity index (χ2v) is 6.14. The summed E-state index contributed by atoms with van der Waals surface area (Å²) >= 11 is 0. The lowest BCUT2D eigenvalue weighted by molar-refractivity contribution is -0.141. The molecule has 6 nitrogen and oxygen atoms in total. The van der Waals surface area contributed by atoms with Crippen LogP contribution in [0, 0.1) is 0 Å². The summed E-state index contributed by atoms with van der Waals surface area (Å²) in [5, 5.41) is 15.1. The summed E-state index contributed by atoms with van der Waals surface area (Å²) in [5.41, 5.74) is -0.784. The lowest BCUT2D eigenvalue weighted by Gasteiger charge is -2.26. The minimum atomic E-state index is -4.67. The van der Waals surface area contributed by atoms with Gasteiger partial charge in [-0.25, -0.2) is 9.97 Å². The third kappa shape index (κ3) is 4.88. The Morgan fingerprint density at radius 2 is 2.00 bits per heavy atom. The van der Waals surface area contributed by atoms with Gasteiger partial charge >= 0.3 is 6.18 Å². The van der Waals surface area contributed by atoms with E-state index in [4.69, 9.17) is 4.74 Å². The van der Waals surface area contributed by atoms with Gasteiger partial charge in [0.1, 0.15) is 5.75 Å². The fraction of sp³-hybridized carbons (Fsp3) is 0.333. The molecule has 0 saturated carbocycles. The number of alkyl halides is 3. The molecule has 3 N–H and O–H groups in total. The molecular formula is C18H19F3N4O2. The van der Waals surface area contributed by atoms with Crippen molar-refractivity contribution in [3.05, 3.63) is 48.3 Å². The Morgan fingerprint density at radius 1 is 1.26 bits per heavy atom. The summed E-state index contributed by atoms with van der Waals surface area (Å²) in [5.74, 6) is -0.253. The van der Waals surface area contributed by atoms with Crippen LogP contribution in [0.2, 0.25) is 0 Å². The molecule has 1 aromatic heterocycles. The molecule has 0 bridgehead atoms. The molecule has 1 saturated heterocycles. The molecule has 0 aliphatic carbocycles. The Kier molecular flexibility index (Phi) is 5.50. The van der Waals surface area contributed by atoms with Crippen molar-refractivity contribution in [1.29, 1.82) is 0 Å². The quantitative estimate of drug-likeness (QED) is 0.734. The van der Waals surface area contributed by atoms with E-state index in [-0.39, 0.29) is 29.0 Å². The van der Waals surface area contributed by atoms with Gasteiger partial charge in [0.15, 0.2) is 5.69 Å². The summed E-state index contributed by atoms with van der Waals surface area (Å²) in [6.45, 7) is 4.84. The number of halogens is 3. The number of aromatic nitrogens is 2. The van der Waals surface area contributed by atoms with Crippen molar-refractivity contribution in [2.45, 2.75) is 25.1 Å². The molecule has 144 valence electrons. The fourth-order valence-electron chi connectivity index (χ4n) is 2.76. The van der Waals surface area contributed by atoms with Crippen molar-refractivity contribution in [1.82, 2.24) is 15.3 Å². The predicted molar refractivity (Wildman–Crippen MR) is 94.4 cm³/mol. The molecule has 0 atom stereocenters. The summed E-state index contributed by atoms with van der Waals surface area (Å²) < 4.78 is 45.8. The average Bonchev–Trinajstić information content (AvgIpc) is 2.62. The molecule has 9 heteroatoms. The second-order valence-electron chi connectivity index (χ2n) is 6.14. The Balaban J connectivity index is 1.84. The fourth-order valence-corrected chi connectivity index (χ4v) is 2.76. The normalized spacial score (nSPS) is 15.4. The maximum atomic E-state index is 13.5. The molecular weight excluding hydrogens is 361 g/mol. The van der Waals surface area contributed by atoms with Gasteiger partial charge < -0.3 is 20.5 Å². The number of ether oxygens (including phenoxy) is 1. The van der Waals surface area contributed by atoms with Gasteiger partial charge in [-0.1, -0.05) is 12.6 Å². The molecule has 0 spiro atoms. The number of rotatable bonds is 5. The molecule has 2 aromatic rings. The molecule has 1 aromatic carbocycles. The van der Waals surface area contributed by atoms with Crippen LogP contribution in [-0.4, -0.2) is 34.3 Å². The molecule has 1 aliphatic rings. The molecule has 1 aliphatic heterocycles. The highest BCUT2D eigenvalue weighted by Gasteiger charge is 2.37. The van der Waals surface area contributed by atoms with E-state index in [1.165, 1.54) is 12.1 Å². The number of anilines is 2. The van der Waals surface area contributed by atoms with E-state index in [9.17, 15) is 18.3 Å². The highest BCUT2D eigenvalue weighted by Crippen LogP contribution is 2.33. The minimum Gasteiger partial charge on any atom is -0.508 e. The van der Waals surface area contributed by atoms with E-state index in [1.807, 2.05) is 0 Å². The van der Waals surface area contributed by atoms with Crippen LogP contribution in [0.1, 0.15) is 24.1 Å². The number of hydrogen-bond acceptors (Lipinski definition) is 6. The van der Waals surface area contributed by atoms with E-state index >= 15 is 0 Å². The van der Waals surface area contributed by atoms with E-state index in [1.54, 1.807) is 12.1 Å². The summed E-state index contributed by atoms with van der Waals surface area (Å²) in [6.07, 6.45) is -2.19. The van der Waals surface area contributed by atoms with Gasteiger partial charge in [0, 0.05) is 48.5 Å². The topological polar surface area (TPSA) is 79.3 Å². The highest BCUT2D eigenvalue weighted by molar-refractivity contribution is 5.65. The van der Waals surface area contributed by atoms with Crippen LogP contribution in [0.4, 0.5) is 24.8 Å². The van der Waals surface area contributed by atoms with Crippen LogP contribution in [0.15, 0.2) is 37.0 Å². The van der Waals surface area contributed by atoms with Crippen molar-refractivity contribution < 1.29 is 23.0 Å². The molecule has 1 fully saturated rings. The van der Waals surface area contributed by atoms with Gasteiger partial charge in [0.25, 0.3) is 0 Å². The lowest BCUT2D eigenvalue weighted by Crippen LogP contribution is -2.34. The van der Waals surface area contributed by atoms with Gasteiger partial charge in [-0.3, -0.25) is 0 Å². The van der Waals surface area contributed by atoms with Crippen LogP contribution < -0.4 is 10.6 Å². The Morgan fingerprint density at radius 3 is 2.67 bits per heavy atom. The smallest absolute Gasteiger partial charge is 0.434 e.